The Morgan fingerprint density at radius 3 is 2.30 bits per heavy atom. The van der Waals surface area contributed by atoms with Crippen molar-refractivity contribution in [3.8, 4) is 5.75 Å². The first-order valence-electron chi connectivity index (χ1n) is 6.48. The molecule has 0 saturated heterocycles. The van der Waals surface area contributed by atoms with E-state index in [0.29, 0.717) is 0 Å². The zero-order valence-electron chi connectivity index (χ0n) is 11.4. The number of hydrogen-bond donors (Lipinski definition) is 1. The van der Waals surface area contributed by atoms with Crippen molar-refractivity contribution in [2.24, 2.45) is 0 Å². The van der Waals surface area contributed by atoms with Gasteiger partial charge in [-0.3, -0.25) is 19.7 Å². The van der Waals surface area contributed by atoms with Gasteiger partial charge in [-0.2, -0.15) is 0 Å². The van der Waals surface area contributed by atoms with Gasteiger partial charge >= 0.3 is 0 Å². The SMILES string of the molecule is O=C1C(Br)=C(c2ccccc2[N+](=O)[O-])C(=O)c2c(O)cccc21. The van der Waals surface area contributed by atoms with Crippen molar-refractivity contribution in [2.75, 3.05) is 0 Å². The van der Waals surface area contributed by atoms with E-state index in [1.165, 1.54) is 42.5 Å². The predicted octanol–water partition coefficient (Wildman–Crippen LogP) is 3.49. The molecule has 7 heteroatoms. The quantitative estimate of drug-likeness (QED) is 0.641. The fourth-order valence-electron chi connectivity index (χ4n) is 2.51. The molecule has 1 aliphatic carbocycles. The Hall–Kier alpha value is -2.80. The monoisotopic (exact) mass is 373 g/mol. The summed E-state index contributed by atoms with van der Waals surface area (Å²) in [5, 5.41) is 21.1. The van der Waals surface area contributed by atoms with E-state index < -0.39 is 16.5 Å². The number of phenolic OH excluding ortho intramolecular Hbond substituents is 1. The highest BCUT2D eigenvalue weighted by Gasteiger charge is 2.36. The van der Waals surface area contributed by atoms with Crippen LogP contribution >= 0.6 is 15.9 Å². The Balaban J connectivity index is 2.32. The summed E-state index contributed by atoms with van der Waals surface area (Å²) in [5.41, 5.74) is -0.481. The van der Waals surface area contributed by atoms with Gasteiger partial charge in [0.05, 0.1) is 26.1 Å². The maximum absolute atomic E-state index is 12.7. The number of hydrogen-bond acceptors (Lipinski definition) is 5. The average molecular weight is 374 g/mol. The number of aromatic hydroxyl groups is 1. The van der Waals surface area contributed by atoms with E-state index in [1.54, 1.807) is 0 Å². The number of Topliss-reactive ketones (excluding diaryl/α,β-unsaturated/α-hetero) is 2. The van der Waals surface area contributed by atoms with Gasteiger partial charge in [-0.25, -0.2) is 0 Å². The number of nitrogens with zero attached hydrogens (tertiary/aromatic N) is 1. The summed E-state index contributed by atoms with van der Waals surface area (Å²) in [6.07, 6.45) is 0. The summed E-state index contributed by atoms with van der Waals surface area (Å²) in [4.78, 5) is 35.8. The third-order valence-electron chi connectivity index (χ3n) is 3.53. The smallest absolute Gasteiger partial charge is 0.277 e. The lowest BCUT2D eigenvalue weighted by Gasteiger charge is -2.18. The Labute approximate surface area is 138 Å². The molecule has 1 N–H and O–H groups in total. The number of phenols is 1. The summed E-state index contributed by atoms with van der Waals surface area (Å²) >= 11 is 3.08. The number of para-hydroxylation sites is 1. The minimum Gasteiger partial charge on any atom is -0.507 e. The first-order valence-corrected chi connectivity index (χ1v) is 7.27. The van der Waals surface area contributed by atoms with Crippen molar-refractivity contribution in [3.05, 3.63) is 73.8 Å². The number of ketones is 2. The van der Waals surface area contributed by atoms with Crippen LogP contribution in [0.4, 0.5) is 5.69 Å². The number of allylic oxidation sites excluding steroid dienone is 2. The van der Waals surface area contributed by atoms with E-state index >= 15 is 0 Å². The minimum atomic E-state index is -0.640. The van der Waals surface area contributed by atoms with Gasteiger partial charge in [-0.15, -0.1) is 0 Å². The van der Waals surface area contributed by atoms with Crippen molar-refractivity contribution in [2.45, 2.75) is 0 Å². The summed E-state index contributed by atoms with van der Waals surface area (Å²) in [6, 6.07) is 9.82. The molecule has 0 atom stereocenters. The molecule has 2 aromatic carbocycles. The van der Waals surface area contributed by atoms with Crippen molar-refractivity contribution in [1.82, 2.24) is 0 Å². The second-order valence-electron chi connectivity index (χ2n) is 4.82. The van der Waals surface area contributed by atoms with Gasteiger partial charge in [0.1, 0.15) is 5.75 Å². The van der Waals surface area contributed by atoms with Gasteiger partial charge in [0.15, 0.2) is 5.78 Å². The molecule has 0 aliphatic heterocycles. The standard InChI is InChI=1S/C16H8BrNO5/c17-14-13(8-4-1-2-6-10(8)18(22)23)16(21)12-9(15(14)20)5-3-7-11(12)19/h1-7,19H. The van der Waals surface area contributed by atoms with Crippen LogP contribution in [0.2, 0.25) is 0 Å². The van der Waals surface area contributed by atoms with Crippen LogP contribution in [0.25, 0.3) is 5.57 Å². The molecular formula is C16H8BrNO5. The predicted molar refractivity (Wildman–Crippen MR) is 85.7 cm³/mol. The Morgan fingerprint density at radius 2 is 1.61 bits per heavy atom. The molecule has 23 heavy (non-hydrogen) atoms. The lowest BCUT2D eigenvalue weighted by Crippen LogP contribution is -2.19. The zero-order chi connectivity index (χ0) is 16.7. The minimum absolute atomic E-state index is 0.0247. The highest BCUT2D eigenvalue weighted by atomic mass is 79.9. The fraction of sp³-hybridized carbons (Fsp3) is 0. The molecular weight excluding hydrogens is 366 g/mol. The number of nitro benzene ring substituents is 1. The van der Waals surface area contributed by atoms with Gasteiger partial charge in [0.25, 0.3) is 5.69 Å². The van der Waals surface area contributed by atoms with E-state index in [1.807, 2.05) is 0 Å². The van der Waals surface area contributed by atoms with Crippen molar-refractivity contribution in [3.63, 3.8) is 0 Å². The second-order valence-corrected chi connectivity index (χ2v) is 5.61. The van der Waals surface area contributed by atoms with E-state index in [4.69, 9.17) is 0 Å². The fourth-order valence-corrected chi connectivity index (χ4v) is 3.12. The number of carbonyl (C=O) groups excluding carboxylic acids is 2. The van der Waals surface area contributed by atoms with Crippen molar-refractivity contribution in [1.29, 1.82) is 0 Å². The van der Waals surface area contributed by atoms with Crippen molar-refractivity contribution >= 4 is 38.8 Å². The second kappa shape index (κ2) is 5.44. The molecule has 0 spiro atoms. The highest BCUT2D eigenvalue weighted by molar-refractivity contribution is 9.12. The molecule has 0 unspecified atom stereocenters. The van der Waals surface area contributed by atoms with Gasteiger partial charge in [-0.05, 0) is 34.1 Å². The highest BCUT2D eigenvalue weighted by Crippen LogP contribution is 2.40. The number of halogens is 1. The third-order valence-corrected chi connectivity index (χ3v) is 4.29. The molecule has 0 heterocycles. The molecule has 2 aromatic rings. The summed E-state index contributed by atoms with van der Waals surface area (Å²) in [5.74, 6) is -1.49. The lowest BCUT2D eigenvalue weighted by atomic mass is 9.85. The third kappa shape index (κ3) is 2.25. The number of rotatable bonds is 2. The van der Waals surface area contributed by atoms with E-state index in [-0.39, 0.29) is 38.2 Å². The largest absolute Gasteiger partial charge is 0.507 e. The molecule has 0 saturated carbocycles. The maximum atomic E-state index is 12.7. The van der Waals surface area contributed by atoms with E-state index in [9.17, 15) is 24.8 Å². The average Bonchev–Trinajstić information content (AvgIpc) is 2.53. The van der Waals surface area contributed by atoms with E-state index in [2.05, 4.69) is 15.9 Å². The van der Waals surface area contributed by atoms with E-state index in [0.717, 1.165) is 0 Å². The Morgan fingerprint density at radius 1 is 0.957 bits per heavy atom. The maximum Gasteiger partial charge on any atom is 0.277 e. The Bertz CT molecular complexity index is 916. The van der Waals surface area contributed by atoms with Crippen molar-refractivity contribution < 1.29 is 19.6 Å². The van der Waals surface area contributed by atoms with Crippen LogP contribution in [-0.2, 0) is 0 Å². The van der Waals surface area contributed by atoms with Crippen LogP contribution in [0.15, 0.2) is 46.9 Å². The zero-order valence-corrected chi connectivity index (χ0v) is 13.0. The molecule has 3 rings (SSSR count). The van der Waals surface area contributed by atoms with Crippen LogP contribution < -0.4 is 0 Å². The van der Waals surface area contributed by atoms with Crippen LogP contribution in [0.1, 0.15) is 26.3 Å². The molecule has 0 aromatic heterocycles. The number of nitro groups is 1. The molecule has 0 radical (unpaired) electrons. The number of fused-ring (bicyclic) bond motifs is 1. The Kier molecular flexibility index (Phi) is 3.57. The molecule has 1 aliphatic rings. The molecule has 114 valence electrons. The summed E-state index contributed by atoms with van der Waals surface area (Å²) in [7, 11) is 0. The number of benzene rings is 2. The molecule has 6 nitrogen and oxygen atoms in total. The van der Waals surface area contributed by atoms with Gasteiger partial charge < -0.3 is 5.11 Å². The topological polar surface area (TPSA) is 97.5 Å². The first-order chi connectivity index (χ1) is 10.9. The first kappa shape index (κ1) is 15.1. The van der Waals surface area contributed by atoms with Gasteiger partial charge in [-0.1, -0.05) is 18.2 Å². The molecule has 0 fully saturated rings. The lowest BCUT2D eigenvalue weighted by molar-refractivity contribution is -0.385. The molecule has 0 bridgehead atoms. The van der Waals surface area contributed by atoms with Crippen LogP contribution in [-0.4, -0.2) is 21.6 Å². The van der Waals surface area contributed by atoms with Crippen LogP contribution in [0.5, 0.6) is 5.75 Å². The van der Waals surface area contributed by atoms with Gasteiger partial charge in [0.2, 0.25) is 5.78 Å². The van der Waals surface area contributed by atoms with Crippen LogP contribution in [0.3, 0.4) is 0 Å². The summed E-state index contributed by atoms with van der Waals surface area (Å²) < 4.78 is -0.0603. The van der Waals surface area contributed by atoms with Crippen LogP contribution in [0, 0.1) is 10.1 Å². The number of carbonyl (C=O) groups is 2. The summed E-state index contributed by atoms with van der Waals surface area (Å²) in [6.45, 7) is 0. The molecule has 0 amide bonds. The normalized spacial score (nSPS) is 14.0. The van der Waals surface area contributed by atoms with Gasteiger partial charge in [0, 0.05) is 11.6 Å².